The number of rotatable bonds is 12. The molecular weight excluding hydrogens is 352 g/mol. The first-order valence-corrected chi connectivity index (χ1v) is 9.04. The molecule has 3 amide bonds. The second kappa shape index (κ2) is 11.7. The molecule has 0 saturated heterocycles. The molecule has 0 bridgehead atoms. The molecule has 0 fully saturated rings. The zero-order chi connectivity index (χ0) is 19.6. The van der Waals surface area contributed by atoms with Crippen LogP contribution in [0.4, 0.5) is 0 Å². The van der Waals surface area contributed by atoms with Gasteiger partial charge in [0.05, 0.1) is 6.10 Å². The first-order chi connectivity index (χ1) is 11.6. The van der Waals surface area contributed by atoms with Crippen molar-refractivity contribution in [1.29, 1.82) is 0 Å². The first-order valence-electron chi connectivity index (χ1n) is 7.64. The van der Waals surface area contributed by atoms with Crippen molar-refractivity contribution in [2.75, 3.05) is 12.0 Å². The zero-order valence-electron chi connectivity index (χ0n) is 14.2. The molecule has 0 saturated carbocycles. The standard InChI is InChI=1S/C14H26N4O6S/c1-7(19)11(16)13(22)17-8(3-4-10(15)20)12(21)18-9(14(23)24)5-6-25-2/h7-9,11,19H,3-6,16H2,1-2H3,(H2,15,20)(H,17,22)(H,18,21)(H,23,24)/t7-,8+,9+,11+/m1/s1. The van der Waals surface area contributed by atoms with Gasteiger partial charge in [-0.25, -0.2) is 4.79 Å². The van der Waals surface area contributed by atoms with Crippen molar-refractivity contribution in [1.82, 2.24) is 10.6 Å². The Morgan fingerprint density at radius 1 is 1.08 bits per heavy atom. The van der Waals surface area contributed by atoms with Gasteiger partial charge in [-0.1, -0.05) is 0 Å². The van der Waals surface area contributed by atoms with E-state index >= 15 is 0 Å². The van der Waals surface area contributed by atoms with Gasteiger partial charge in [-0.15, -0.1) is 0 Å². The highest BCUT2D eigenvalue weighted by atomic mass is 32.2. The summed E-state index contributed by atoms with van der Waals surface area (Å²) in [6.45, 7) is 1.31. The number of aliphatic hydroxyl groups is 1. The lowest BCUT2D eigenvalue weighted by Crippen LogP contribution is -2.56. The smallest absolute Gasteiger partial charge is 0.326 e. The molecule has 0 aliphatic carbocycles. The second-order valence-electron chi connectivity index (χ2n) is 5.51. The van der Waals surface area contributed by atoms with E-state index in [0.29, 0.717) is 5.75 Å². The fraction of sp³-hybridized carbons (Fsp3) is 0.714. The van der Waals surface area contributed by atoms with Crippen LogP contribution < -0.4 is 22.1 Å². The molecule has 25 heavy (non-hydrogen) atoms. The predicted molar refractivity (Wildman–Crippen MR) is 92.6 cm³/mol. The minimum atomic E-state index is -1.27. The van der Waals surface area contributed by atoms with Gasteiger partial charge >= 0.3 is 5.97 Å². The Morgan fingerprint density at radius 3 is 2.08 bits per heavy atom. The Balaban J connectivity index is 5.04. The van der Waals surface area contributed by atoms with Crippen molar-refractivity contribution >= 4 is 35.5 Å². The van der Waals surface area contributed by atoms with Gasteiger partial charge in [0.15, 0.2) is 0 Å². The number of carbonyl (C=O) groups excluding carboxylic acids is 3. The molecule has 8 N–H and O–H groups in total. The van der Waals surface area contributed by atoms with Gasteiger partial charge in [0.2, 0.25) is 17.7 Å². The van der Waals surface area contributed by atoms with Crippen LogP contribution in [0, 0.1) is 0 Å². The maximum atomic E-state index is 12.3. The van der Waals surface area contributed by atoms with Crippen LogP contribution in [-0.2, 0) is 19.2 Å². The summed E-state index contributed by atoms with van der Waals surface area (Å²) in [7, 11) is 0. The van der Waals surface area contributed by atoms with Crippen LogP contribution >= 0.6 is 11.8 Å². The first kappa shape index (κ1) is 23.1. The van der Waals surface area contributed by atoms with Crippen LogP contribution in [0.15, 0.2) is 0 Å². The molecule has 144 valence electrons. The second-order valence-corrected chi connectivity index (χ2v) is 6.50. The van der Waals surface area contributed by atoms with E-state index in [1.54, 1.807) is 6.26 Å². The third kappa shape index (κ3) is 9.27. The Kier molecular flexibility index (Phi) is 10.8. The molecule has 0 aliphatic heterocycles. The van der Waals surface area contributed by atoms with Crippen molar-refractivity contribution < 1.29 is 29.4 Å². The summed E-state index contributed by atoms with van der Waals surface area (Å²) in [5, 5.41) is 23.1. The number of nitrogens with one attached hydrogen (secondary N) is 2. The lowest BCUT2D eigenvalue weighted by atomic mass is 10.1. The van der Waals surface area contributed by atoms with E-state index in [0.717, 1.165) is 0 Å². The maximum absolute atomic E-state index is 12.3. The van der Waals surface area contributed by atoms with Crippen molar-refractivity contribution in [3.8, 4) is 0 Å². The van der Waals surface area contributed by atoms with Gasteiger partial charge in [0, 0.05) is 6.42 Å². The van der Waals surface area contributed by atoms with E-state index in [1.165, 1.54) is 18.7 Å². The fourth-order valence-electron chi connectivity index (χ4n) is 1.81. The SMILES string of the molecule is CSCC[C@H](NC(=O)[C@H](CCC(N)=O)NC(=O)[C@@H](N)[C@@H](C)O)C(=O)O. The predicted octanol–water partition coefficient (Wildman–Crippen LogP) is -2.23. The number of amides is 3. The van der Waals surface area contributed by atoms with Crippen LogP contribution in [0.3, 0.4) is 0 Å². The molecule has 0 radical (unpaired) electrons. The maximum Gasteiger partial charge on any atom is 0.326 e. The number of thioether (sulfide) groups is 1. The van der Waals surface area contributed by atoms with E-state index in [-0.39, 0.29) is 19.3 Å². The summed E-state index contributed by atoms with van der Waals surface area (Å²) in [5.74, 6) is -2.92. The Hall–Kier alpha value is -1.85. The van der Waals surface area contributed by atoms with Crippen LogP contribution in [0.5, 0.6) is 0 Å². The van der Waals surface area contributed by atoms with Gasteiger partial charge in [-0.2, -0.15) is 11.8 Å². The third-order valence-corrected chi connectivity index (χ3v) is 4.00. The van der Waals surface area contributed by atoms with Crippen LogP contribution in [0.2, 0.25) is 0 Å². The van der Waals surface area contributed by atoms with E-state index in [9.17, 15) is 24.3 Å². The highest BCUT2D eigenvalue weighted by Crippen LogP contribution is 2.04. The quantitative estimate of drug-likeness (QED) is 0.220. The molecular formula is C14H26N4O6S. The Morgan fingerprint density at radius 2 is 1.64 bits per heavy atom. The lowest BCUT2D eigenvalue weighted by molar-refractivity contribution is -0.142. The number of primary amides is 1. The van der Waals surface area contributed by atoms with Gasteiger partial charge in [-0.05, 0) is 31.8 Å². The molecule has 0 aromatic heterocycles. The number of hydrogen-bond acceptors (Lipinski definition) is 7. The number of carboxylic acid groups (broad SMARTS) is 1. The molecule has 0 spiro atoms. The van der Waals surface area contributed by atoms with Crippen molar-refractivity contribution in [3.05, 3.63) is 0 Å². The summed E-state index contributed by atoms with van der Waals surface area (Å²) >= 11 is 1.42. The molecule has 0 aromatic rings. The van der Waals surface area contributed by atoms with Gasteiger partial charge in [0.1, 0.15) is 18.1 Å². The van der Waals surface area contributed by atoms with E-state index in [1.807, 2.05) is 0 Å². The summed E-state index contributed by atoms with van der Waals surface area (Å²) < 4.78 is 0. The Labute approximate surface area is 150 Å². The van der Waals surface area contributed by atoms with Crippen LogP contribution in [-0.4, -0.2) is 70.1 Å². The molecule has 0 rings (SSSR count). The molecule has 0 unspecified atom stereocenters. The topological polar surface area (TPSA) is 185 Å². The van der Waals surface area contributed by atoms with Gasteiger partial charge in [-0.3, -0.25) is 14.4 Å². The van der Waals surface area contributed by atoms with Crippen LogP contribution in [0.25, 0.3) is 0 Å². The monoisotopic (exact) mass is 378 g/mol. The normalized spacial score (nSPS) is 15.5. The summed E-state index contributed by atoms with van der Waals surface area (Å²) in [5.41, 5.74) is 10.5. The number of carboxylic acids is 1. The largest absolute Gasteiger partial charge is 0.480 e. The molecule has 10 nitrogen and oxygen atoms in total. The third-order valence-electron chi connectivity index (χ3n) is 3.36. The van der Waals surface area contributed by atoms with Gasteiger partial charge < -0.3 is 32.3 Å². The average molecular weight is 378 g/mol. The van der Waals surface area contributed by atoms with Gasteiger partial charge in [0.25, 0.3) is 0 Å². The molecule has 11 heteroatoms. The zero-order valence-corrected chi connectivity index (χ0v) is 15.0. The molecule has 4 atom stereocenters. The summed E-state index contributed by atoms with van der Waals surface area (Å²) in [6.07, 6.45) is 0.548. The van der Waals surface area contributed by atoms with Crippen LogP contribution in [0.1, 0.15) is 26.2 Å². The van der Waals surface area contributed by atoms with Crippen molar-refractivity contribution in [2.24, 2.45) is 11.5 Å². The van der Waals surface area contributed by atoms with Crippen molar-refractivity contribution in [3.63, 3.8) is 0 Å². The number of nitrogens with two attached hydrogens (primary N) is 2. The number of hydrogen-bond donors (Lipinski definition) is 6. The molecule has 0 aliphatic rings. The highest BCUT2D eigenvalue weighted by molar-refractivity contribution is 7.98. The fourth-order valence-corrected chi connectivity index (χ4v) is 2.28. The summed E-state index contributed by atoms with van der Waals surface area (Å²) in [6, 6.07) is -3.59. The number of aliphatic hydroxyl groups excluding tert-OH is 1. The Bertz CT molecular complexity index is 488. The molecule has 0 heterocycles. The summed E-state index contributed by atoms with van der Waals surface area (Å²) in [4.78, 5) is 46.4. The number of aliphatic carboxylic acids is 1. The van der Waals surface area contributed by atoms with Crippen molar-refractivity contribution in [2.45, 2.75) is 50.4 Å². The minimum Gasteiger partial charge on any atom is -0.480 e. The van der Waals surface area contributed by atoms with E-state index < -0.39 is 47.9 Å². The number of carbonyl (C=O) groups is 4. The van der Waals surface area contributed by atoms with E-state index in [4.69, 9.17) is 16.6 Å². The highest BCUT2D eigenvalue weighted by Gasteiger charge is 2.29. The average Bonchev–Trinajstić information content (AvgIpc) is 2.53. The molecule has 0 aromatic carbocycles. The van der Waals surface area contributed by atoms with E-state index in [2.05, 4.69) is 10.6 Å². The lowest BCUT2D eigenvalue weighted by Gasteiger charge is -2.23. The minimum absolute atomic E-state index is 0.117.